The molecule has 1 amide bonds. The highest BCUT2D eigenvalue weighted by Gasteiger charge is 2.57. The fourth-order valence-corrected chi connectivity index (χ4v) is 5.60. The zero-order valence-corrected chi connectivity index (χ0v) is 29.1. The molecule has 0 bridgehead atoms. The van der Waals surface area contributed by atoms with Crippen LogP contribution in [0.1, 0.15) is 109 Å². The molecule has 0 aromatic carbocycles. The summed E-state index contributed by atoms with van der Waals surface area (Å²) in [6, 6.07) is 0. The Morgan fingerprint density at radius 2 is 1.74 bits per heavy atom. The molecule has 1 aliphatic heterocycles. The number of allylic oxidation sites excluding steroid dienone is 8. The molecule has 0 fully saturated rings. The fourth-order valence-electron chi connectivity index (χ4n) is 5.60. The Balaban J connectivity index is 0.00000237. The van der Waals surface area contributed by atoms with E-state index in [1.807, 2.05) is 72.9 Å². The molecule has 42 heavy (non-hydrogen) atoms. The highest BCUT2D eigenvalue weighted by Crippen LogP contribution is 2.50. The van der Waals surface area contributed by atoms with Crippen molar-refractivity contribution in [3.8, 4) is 0 Å². The lowest BCUT2D eigenvalue weighted by Gasteiger charge is -2.44. The lowest BCUT2D eigenvalue weighted by molar-refractivity contribution is -0.131. The van der Waals surface area contributed by atoms with Gasteiger partial charge in [-0.1, -0.05) is 99.1 Å². The number of ether oxygens (including phenoxy) is 1. The maximum atomic E-state index is 14.1. The summed E-state index contributed by atoms with van der Waals surface area (Å²) in [6.07, 6.45) is 16.7. The van der Waals surface area contributed by atoms with Crippen LogP contribution in [0.15, 0.2) is 64.7 Å². The van der Waals surface area contributed by atoms with Gasteiger partial charge < -0.3 is 10.1 Å². The average molecular weight is 584 g/mol. The molecule has 1 N–H and O–H groups in total. The van der Waals surface area contributed by atoms with E-state index in [0.29, 0.717) is 13.2 Å². The molecule has 0 radical (unpaired) electrons. The van der Waals surface area contributed by atoms with Gasteiger partial charge in [-0.05, 0) is 43.8 Å². The molecule has 2 atom stereocenters. The minimum atomic E-state index is -0.990. The number of methoxy groups -OCH3 is 1. The molecule has 0 saturated heterocycles. The number of nitrogens with zero attached hydrogens (tertiary/aromatic N) is 4. The van der Waals surface area contributed by atoms with E-state index in [-0.39, 0.29) is 24.1 Å². The summed E-state index contributed by atoms with van der Waals surface area (Å²) in [4.78, 5) is 14.1. The Labute approximate surface area is 258 Å². The summed E-state index contributed by atoms with van der Waals surface area (Å²) in [5.74, 6) is -0.370. The number of carbonyl (C=O) groups is 1. The van der Waals surface area contributed by atoms with Crippen molar-refractivity contribution in [3.63, 3.8) is 0 Å². The van der Waals surface area contributed by atoms with Crippen molar-refractivity contribution in [2.45, 2.75) is 107 Å². The Morgan fingerprint density at radius 3 is 2.24 bits per heavy atom. The Kier molecular flexibility index (Phi) is 14.2. The number of nitrogens with one attached hydrogen (secondary N) is 1. The van der Waals surface area contributed by atoms with E-state index in [1.165, 1.54) is 5.57 Å². The molecule has 1 aromatic rings. The predicted octanol–water partition coefficient (Wildman–Crippen LogP) is 8.19. The summed E-state index contributed by atoms with van der Waals surface area (Å²) >= 11 is 0. The van der Waals surface area contributed by atoms with Gasteiger partial charge in [0, 0.05) is 45.0 Å². The molecule has 0 saturated carbocycles. The third-order valence-electron chi connectivity index (χ3n) is 7.62. The van der Waals surface area contributed by atoms with E-state index in [9.17, 15) is 4.79 Å². The largest absolute Gasteiger partial charge is 0.383 e. The lowest BCUT2D eigenvalue weighted by atomic mass is 9.72. The van der Waals surface area contributed by atoms with E-state index in [1.54, 1.807) is 11.8 Å². The zero-order valence-electron chi connectivity index (χ0n) is 29.1. The van der Waals surface area contributed by atoms with Crippen molar-refractivity contribution in [3.05, 3.63) is 65.2 Å². The number of hydrogen-bond acceptors (Lipinski definition) is 5. The van der Waals surface area contributed by atoms with Gasteiger partial charge in [-0.2, -0.15) is 10.2 Å². The maximum Gasteiger partial charge on any atom is 0.248 e. The van der Waals surface area contributed by atoms with Crippen molar-refractivity contribution in [1.29, 1.82) is 0 Å². The second-order valence-corrected chi connectivity index (χ2v) is 11.9. The van der Waals surface area contributed by atoms with Gasteiger partial charge in [-0.25, -0.2) is 0 Å². The van der Waals surface area contributed by atoms with Crippen LogP contribution in [0.4, 0.5) is 0 Å². The number of rotatable bonds is 7. The smallest absolute Gasteiger partial charge is 0.248 e. The predicted molar refractivity (Wildman–Crippen MR) is 181 cm³/mol. The topological polar surface area (TPSA) is 71.7 Å². The summed E-state index contributed by atoms with van der Waals surface area (Å²) in [5.41, 5.74) is 4.25. The van der Waals surface area contributed by atoms with Crippen LogP contribution in [0, 0.1) is 10.8 Å². The van der Waals surface area contributed by atoms with E-state index >= 15 is 0 Å². The standard InChI is InChI=1S/C29H41N5O2.3C2H6.H2/c1-20-9-10-23(28(4,5)17-20)34-29(6,26(35)30-15-16-36-8)24(22-18-31-33(7)19-22)25(32-34)21-11-13-27(2,3)14-12-21;3*1-2;/h9-13,18-19,24H,14-17H2,1-8H3,(H,30,35);3*1-2H3;1H. The Bertz CT molecular complexity index is 1190. The third-order valence-corrected chi connectivity index (χ3v) is 7.62. The number of hydrogen-bond donors (Lipinski definition) is 1. The molecule has 1 aromatic heterocycles. The van der Waals surface area contributed by atoms with Crippen LogP contribution in [0.3, 0.4) is 0 Å². The van der Waals surface area contributed by atoms with Gasteiger partial charge in [0.15, 0.2) is 5.54 Å². The van der Waals surface area contributed by atoms with E-state index in [4.69, 9.17) is 9.84 Å². The van der Waals surface area contributed by atoms with E-state index in [2.05, 4.69) is 75.4 Å². The van der Waals surface area contributed by atoms with Crippen LogP contribution >= 0.6 is 0 Å². The lowest BCUT2D eigenvalue weighted by Crippen LogP contribution is -2.57. The first-order chi connectivity index (χ1) is 19.9. The molecular weight excluding hydrogens is 522 g/mol. The van der Waals surface area contributed by atoms with Crippen molar-refractivity contribution < 1.29 is 11.0 Å². The molecule has 2 heterocycles. The van der Waals surface area contributed by atoms with Crippen molar-refractivity contribution >= 4 is 11.6 Å². The Hall–Kier alpha value is -2.93. The second kappa shape index (κ2) is 16.1. The van der Waals surface area contributed by atoms with Crippen LogP contribution in [-0.2, 0) is 16.6 Å². The minimum absolute atomic E-state index is 0. The first kappa shape index (κ1) is 37.1. The van der Waals surface area contributed by atoms with Gasteiger partial charge >= 0.3 is 0 Å². The fraction of sp³-hybridized carbons (Fsp3) is 0.629. The highest BCUT2D eigenvalue weighted by molar-refractivity contribution is 6.12. The number of carbonyl (C=O) groups excluding carboxylic acids is 1. The second-order valence-electron chi connectivity index (χ2n) is 11.9. The molecule has 4 rings (SSSR count). The number of aryl methyl sites for hydroxylation is 1. The molecule has 0 spiro atoms. The minimum Gasteiger partial charge on any atom is -0.383 e. The number of hydrazone groups is 1. The van der Waals surface area contributed by atoms with E-state index < -0.39 is 5.54 Å². The Morgan fingerprint density at radius 1 is 1.10 bits per heavy atom. The van der Waals surface area contributed by atoms with Crippen LogP contribution in [-0.4, -0.2) is 52.2 Å². The zero-order chi connectivity index (χ0) is 32.3. The van der Waals surface area contributed by atoms with Gasteiger partial charge in [0.25, 0.3) is 0 Å². The van der Waals surface area contributed by atoms with Crippen LogP contribution in [0.25, 0.3) is 0 Å². The first-order valence-electron chi connectivity index (χ1n) is 15.8. The van der Waals surface area contributed by atoms with Gasteiger partial charge in [0.1, 0.15) is 0 Å². The highest BCUT2D eigenvalue weighted by atomic mass is 16.5. The van der Waals surface area contributed by atoms with Crippen molar-refractivity contribution in [2.75, 3.05) is 20.3 Å². The van der Waals surface area contributed by atoms with Crippen molar-refractivity contribution in [1.82, 2.24) is 20.1 Å². The number of aromatic nitrogens is 2. The SMILES string of the molecule is CC.CC.CC.COCCNC(=O)C1(C)C(c2cnn(C)c2)C(C2=CCC(C)(C)C=C2)=NN1C1=CC=C(C)CC1(C)C.[HH]. The van der Waals surface area contributed by atoms with Gasteiger partial charge in [0.05, 0.1) is 24.4 Å². The first-order valence-corrected chi connectivity index (χ1v) is 15.8. The molecule has 7 heteroatoms. The van der Waals surface area contributed by atoms with E-state index in [0.717, 1.165) is 35.4 Å². The average Bonchev–Trinajstić information content (AvgIpc) is 3.52. The van der Waals surface area contributed by atoms with Crippen molar-refractivity contribution in [2.24, 2.45) is 23.0 Å². The van der Waals surface area contributed by atoms with Crippen LogP contribution in [0.2, 0.25) is 0 Å². The van der Waals surface area contributed by atoms with Gasteiger partial charge in [-0.3, -0.25) is 14.5 Å². The molecule has 3 aliphatic rings. The molecule has 7 nitrogen and oxygen atoms in total. The summed E-state index contributed by atoms with van der Waals surface area (Å²) in [6.45, 7) is 26.0. The maximum absolute atomic E-state index is 14.1. The summed E-state index contributed by atoms with van der Waals surface area (Å²) in [7, 11) is 3.55. The molecule has 2 unspecified atom stereocenters. The molecular formula is C35H61N5O2. The summed E-state index contributed by atoms with van der Waals surface area (Å²) < 4.78 is 7.01. The van der Waals surface area contributed by atoms with Gasteiger partial charge in [-0.15, -0.1) is 0 Å². The van der Waals surface area contributed by atoms with Gasteiger partial charge in [0.2, 0.25) is 5.91 Å². The normalized spacial score (nSPS) is 23.4. The monoisotopic (exact) mass is 583 g/mol. The molecule has 2 aliphatic carbocycles. The third kappa shape index (κ3) is 8.12. The summed E-state index contributed by atoms with van der Waals surface area (Å²) in [5, 5.41) is 14.9. The van der Waals surface area contributed by atoms with Crippen LogP contribution < -0.4 is 5.32 Å². The molecule has 238 valence electrons. The quantitative estimate of drug-likeness (QED) is 0.329. The number of amides is 1. The van der Waals surface area contributed by atoms with Crippen LogP contribution in [0.5, 0.6) is 0 Å².